The van der Waals surface area contributed by atoms with Crippen molar-refractivity contribution in [3.8, 4) is 67.5 Å². The molecule has 9 aromatic rings. The predicted octanol–water partition coefficient (Wildman–Crippen LogP) is 10.9. The van der Waals surface area contributed by atoms with Gasteiger partial charge in [-0.2, -0.15) is 0 Å². The smallest absolute Gasteiger partial charge is 0.164 e. The van der Waals surface area contributed by atoms with Crippen LogP contribution in [0.5, 0.6) is 0 Å². The molecule has 10 rings (SSSR count). The van der Waals surface area contributed by atoms with Crippen LogP contribution < -0.4 is 10.4 Å². The van der Waals surface area contributed by atoms with E-state index in [0.717, 1.165) is 49.8 Å². The van der Waals surface area contributed by atoms with E-state index >= 15 is 0 Å². The maximum absolute atomic E-state index is 6.53. The molecule has 0 amide bonds. The van der Waals surface area contributed by atoms with Crippen LogP contribution in [0, 0.1) is 0 Å². The summed E-state index contributed by atoms with van der Waals surface area (Å²) in [5.41, 5.74) is 11.6. The van der Waals surface area contributed by atoms with Gasteiger partial charge in [0.1, 0.15) is 19.2 Å². The Bertz CT molecular complexity index is 2810. The molecule has 4 nitrogen and oxygen atoms in total. The number of fused-ring (bicyclic) bond motifs is 6. The molecule has 0 fully saturated rings. The molecular weight excluding hydrogens is 651 g/mol. The van der Waals surface area contributed by atoms with Crippen molar-refractivity contribution >= 4 is 40.4 Å². The van der Waals surface area contributed by atoms with Crippen LogP contribution in [-0.4, -0.2) is 23.0 Å². The van der Waals surface area contributed by atoms with Crippen molar-refractivity contribution in [2.75, 3.05) is 0 Å². The summed E-state index contributed by atoms with van der Waals surface area (Å²) in [5.74, 6) is 1.91. The summed E-state index contributed by atoms with van der Waals surface area (Å²) in [7, 11) is -2.04. The molecular formula is C47H33N3OSi. The van der Waals surface area contributed by atoms with Gasteiger partial charge in [0.05, 0.1) is 0 Å². The predicted molar refractivity (Wildman–Crippen MR) is 216 cm³/mol. The third-order valence-corrected chi connectivity index (χ3v) is 14.1. The third-order valence-electron chi connectivity index (χ3n) is 10.5. The molecule has 1 aliphatic heterocycles. The van der Waals surface area contributed by atoms with Crippen LogP contribution in [0.1, 0.15) is 0 Å². The minimum Gasteiger partial charge on any atom is -0.456 e. The zero-order valence-electron chi connectivity index (χ0n) is 28.8. The fourth-order valence-electron chi connectivity index (χ4n) is 8.03. The maximum Gasteiger partial charge on any atom is 0.164 e. The SMILES string of the molecule is C[Si]1(C)c2ccccc2-c2c(-c3nc(-c4ccccc4)nc(-c4cccc5oc6cccc(-c7ccccc7)c6c45)n3)cc(-c3ccccc3)cc21. The molecule has 0 aliphatic carbocycles. The Morgan fingerprint density at radius 1 is 0.385 bits per heavy atom. The van der Waals surface area contributed by atoms with Gasteiger partial charge in [-0.3, -0.25) is 0 Å². The molecule has 0 radical (unpaired) electrons. The van der Waals surface area contributed by atoms with E-state index in [0.29, 0.717) is 17.5 Å². The van der Waals surface area contributed by atoms with Gasteiger partial charge in [-0.15, -0.1) is 0 Å². The third kappa shape index (κ3) is 4.78. The Labute approximate surface area is 303 Å². The number of nitrogens with zero attached hydrogens (tertiary/aromatic N) is 3. The first-order valence-electron chi connectivity index (χ1n) is 17.7. The molecule has 0 N–H and O–H groups in total. The van der Waals surface area contributed by atoms with Gasteiger partial charge in [0, 0.05) is 27.5 Å². The van der Waals surface area contributed by atoms with Crippen LogP contribution in [0.4, 0.5) is 0 Å². The van der Waals surface area contributed by atoms with Crippen molar-refractivity contribution in [2.45, 2.75) is 13.1 Å². The summed E-state index contributed by atoms with van der Waals surface area (Å²) in [5, 5.41) is 4.90. The minimum atomic E-state index is -2.04. The van der Waals surface area contributed by atoms with Crippen LogP contribution in [0.25, 0.3) is 89.5 Å². The van der Waals surface area contributed by atoms with E-state index in [1.165, 1.54) is 32.6 Å². The fourth-order valence-corrected chi connectivity index (χ4v) is 11.1. The van der Waals surface area contributed by atoms with Gasteiger partial charge in [-0.1, -0.05) is 159 Å². The highest BCUT2D eigenvalue weighted by Crippen LogP contribution is 2.43. The Morgan fingerprint density at radius 3 is 1.60 bits per heavy atom. The van der Waals surface area contributed by atoms with Crippen LogP contribution >= 0.6 is 0 Å². The zero-order chi connectivity index (χ0) is 34.8. The molecule has 0 saturated carbocycles. The van der Waals surface area contributed by atoms with Crippen molar-refractivity contribution in [2.24, 2.45) is 0 Å². The fraction of sp³-hybridized carbons (Fsp3) is 0.0426. The Balaban J connectivity index is 1.29. The van der Waals surface area contributed by atoms with Gasteiger partial charge in [0.15, 0.2) is 17.5 Å². The normalized spacial score (nSPS) is 13.0. The molecule has 7 aromatic carbocycles. The maximum atomic E-state index is 6.53. The van der Waals surface area contributed by atoms with Crippen LogP contribution in [0.3, 0.4) is 0 Å². The van der Waals surface area contributed by atoms with Gasteiger partial charge in [0.25, 0.3) is 0 Å². The molecule has 0 spiro atoms. The van der Waals surface area contributed by atoms with Crippen LogP contribution in [0.2, 0.25) is 13.1 Å². The lowest BCUT2D eigenvalue weighted by Gasteiger charge is -2.20. The van der Waals surface area contributed by atoms with Crippen molar-refractivity contribution in [3.05, 3.63) is 164 Å². The monoisotopic (exact) mass is 683 g/mol. The largest absolute Gasteiger partial charge is 0.456 e. The van der Waals surface area contributed by atoms with Crippen LogP contribution in [-0.2, 0) is 0 Å². The number of aromatic nitrogens is 3. The molecule has 0 atom stereocenters. The lowest BCUT2D eigenvalue weighted by Crippen LogP contribution is -2.49. The Morgan fingerprint density at radius 2 is 0.904 bits per heavy atom. The lowest BCUT2D eigenvalue weighted by molar-refractivity contribution is 0.669. The molecule has 52 heavy (non-hydrogen) atoms. The van der Waals surface area contributed by atoms with E-state index in [1.807, 2.05) is 42.5 Å². The average Bonchev–Trinajstić information content (AvgIpc) is 3.71. The lowest BCUT2D eigenvalue weighted by atomic mass is 9.94. The minimum absolute atomic E-state index is 0.613. The van der Waals surface area contributed by atoms with E-state index in [4.69, 9.17) is 19.4 Å². The standard InChI is InChI=1S/C47H33N3OSi/c1-52(2)40-27-13-12-22-35(40)42-37(28-33(29-41(42)52)30-16-6-3-7-17-30)47-49-45(32-20-10-5-11-21-32)48-46(50-47)36-24-15-26-39-44(36)43-34(23-14-25-38(43)51-39)31-18-8-4-9-19-31/h3-29H,1-2H3. The summed E-state index contributed by atoms with van der Waals surface area (Å²) in [6, 6.07) is 57.4. The molecule has 1 aliphatic rings. The van der Waals surface area contributed by atoms with Gasteiger partial charge < -0.3 is 4.42 Å². The van der Waals surface area contributed by atoms with Crippen molar-refractivity contribution in [1.82, 2.24) is 15.0 Å². The highest BCUT2D eigenvalue weighted by molar-refractivity contribution is 7.04. The first-order valence-corrected chi connectivity index (χ1v) is 20.7. The van der Waals surface area contributed by atoms with E-state index in [2.05, 4.69) is 134 Å². The van der Waals surface area contributed by atoms with E-state index in [1.54, 1.807) is 0 Å². The number of benzene rings is 7. The first kappa shape index (κ1) is 30.4. The van der Waals surface area contributed by atoms with Gasteiger partial charge >= 0.3 is 0 Å². The molecule has 246 valence electrons. The summed E-state index contributed by atoms with van der Waals surface area (Å²) in [6.07, 6.45) is 0. The summed E-state index contributed by atoms with van der Waals surface area (Å²) >= 11 is 0. The topological polar surface area (TPSA) is 51.8 Å². The zero-order valence-corrected chi connectivity index (χ0v) is 29.8. The number of hydrogen-bond acceptors (Lipinski definition) is 4. The molecule has 0 saturated heterocycles. The number of furan rings is 1. The highest BCUT2D eigenvalue weighted by atomic mass is 28.3. The highest BCUT2D eigenvalue weighted by Gasteiger charge is 2.39. The average molecular weight is 684 g/mol. The summed E-state index contributed by atoms with van der Waals surface area (Å²) in [6.45, 7) is 4.92. The van der Waals surface area contributed by atoms with Gasteiger partial charge in [-0.25, -0.2) is 15.0 Å². The Hall–Kier alpha value is -6.43. The second-order valence-corrected chi connectivity index (χ2v) is 18.3. The molecule has 0 unspecified atom stereocenters. The molecule has 2 aromatic heterocycles. The number of rotatable bonds is 5. The van der Waals surface area contributed by atoms with Crippen molar-refractivity contribution in [3.63, 3.8) is 0 Å². The van der Waals surface area contributed by atoms with Crippen LogP contribution in [0.15, 0.2) is 168 Å². The molecule has 0 bridgehead atoms. The molecule has 3 heterocycles. The Kier molecular flexibility index (Phi) is 6.91. The number of hydrogen-bond donors (Lipinski definition) is 0. The second kappa shape index (κ2) is 11.8. The van der Waals surface area contributed by atoms with E-state index < -0.39 is 8.07 Å². The van der Waals surface area contributed by atoms with Gasteiger partial charge in [-0.05, 0) is 62.0 Å². The molecule has 5 heteroatoms. The van der Waals surface area contributed by atoms with Crippen molar-refractivity contribution < 1.29 is 4.42 Å². The van der Waals surface area contributed by atoms with Crippen molar-refractivity contribution in [1.29, 1.82) is 0 Å². The quantitative estimate of drug-likeness (QED) is 0.169. The van der Waals surface area contributed by atoms with E-state index in [-0.39, 0.29) is 0 Å². The summed E-state index contributed by atoms with van der Waals surface area (Å²) < 4.78 is 6.53. The second-order valence-electron chi connectivity index (χ2n) is 14.0. The van der Waals surface area contributed by atoms with E-state index in [9.17, 15) is 0 Å². The summed E-state index contributed by atoms with van der Waals surface area (Å²) in [4.78, 5) is 16.0. The first-order chi connectivity index (χ1) is 25.5. The van der Waals surface area contributed by atoms with Gasteiger partial charge in [0.2, 0.25) is 0 Å².